The number of fused-ring (bicyclic) bond motifs is 1. The molecule has 1 aromatic rings. The smallest absolute Gasteiger partial charge is 0.408 e. The SMILES string of the molecule is CC1C=C(C(=O)O)N2C(=O)C(NC(=O)OCc3ccccc3)[C@@H]2S1. The fourth-order valence-electron chi connectivity index (χ4n) is 2.62. The van der Waals surface area contributed by atoms with Gasteiger partial charge in [-0.1, -0.05) is 30.3 Å². The van der Waals surface area contributed by atoms with Crippen molar-refractivity contribution >= 4 is 29.7 Å². The van der Waals surface area contributed by atoms with Crippen LogP contribution in [-0.2, 0) is 20.9 Å². The quantitative estimate of drug-likeness (QED) is 0.802. The van der Waals surface area contributed by atoms with E-state index in [9.17, 15) is 19.5 Å². The summed E-state index contributed by atoms with van der Waals surface area (Å²) >= 11 is 1.42. The molecule has 2 aliphatic heterocycles. The van der Waals surface area contributed by atoms with Crippen LogP contribution in [0.25, 0.3) is 0 Å². The highest BCUT2D eigenvalue weighted by Crippen LogP contribution is 2.40. The molecule has 3 rings (SSSR count). The highest BCUT2D eigenvalue weighted by atomic mass is 32.2. The minimum Gasteiger partial charge on any atom is -0.477 e. The van der Waals surface area contributed by atoms with Gasteiger partial charge in [-0.05, 0) is 18.6 Å². The van der Waals surface area contributed by atoms with E-state index in [0.717, 1.165) is 5.56 Å². The number of rotatable bonds is 4. The van der Waals surface area contributed by atoms with Crippen molar-refractivity contribution in [1.82, 2.24) is 10.2 Å². The van der Waals surface area contributed by atoms with Crippen molar-refractivity contribution in [2.24, 2.45) is 0 Å². The Kier molecular flexibility index (Phi) is 4.48. The highest BCUT2D eigenvalue weighted by molar-refractivity contribution is 8.00. The van der Waals surface area contributed by atoms with Gasteiger partial charge < -0.3 is 15.2 Å². The molecule has 8 heteroatoms. The number of thioether (sulfide) groups is 1. The summed E-state index contributed by atoms with van der Waals surface area (Å²) in [5, 5.41) is 11.2. The lowest BCUT2D eigenvalue weighted by atomic mass is 10.1. The zero-order chi connectivity index (χ0) is 17.3. The lowest BCUT2D eigenvalue weighted by molar-refractivity contribution is -0.148. The van der Waals surface area contributed by atoms with Crippen LogP contribution >= 0.6 is 11.8 Å². The highest BCUT2D eigenvalue weighted by Gasteiger charge is 2.54. The van der Waals surface area contributed by atoms with Gasteiger partial charge in [0.2, 0.25) is 0 Å². The van der Waals surface area contributed by atoms with Crippen LogP contribution in [0.4, 0.5) is 4.79 Å². The van der Waals surface area contributed by atoms with Crippen molar-refractivity contribution in [2.45, 2.75) is 30.2 Å². The van der Waals surface area contributed by atoms with Crippen molar-refractivity contribution in [3.63, 3.8) is 0 Å². The van der Waals surface area contributed by atoms with Crippen LogP contribution in [0.5, 0.6) is 0 Å². The van der Waals surface area contributed by atoms with E-state index in [1.807, 2.05) is 37.3 Å². The Labute approximate surface area is 142 Å². The van der Waals surface area contributed by atoms with Crippen LogP contribution in [0.1, 0.15) is 12.5 Å². The van der Waals surface area contributed by atoms with Gasteiger partial charge in [0.1, 0.15) is 23.7 Å². The average molecular weight is 348 g/mol. The average Bonchev–Trinajstić information content (AvgIpc) is 2.57. The van der Waals surface area contributed by atoms with Crippen molar-refractivity contribution in [3.05, 3.63) is 47.7 Å². The predicted molar refractivity (Wildman–Crippen MR) is 87.0 cm³/mol. The number of alkyl carbamates (subject to hydrolysis) is 1. The maximum absolute atomic E-state index is 12.2. The number of carbonyl (C=O) groups excluding carboxylic acids is 2. The van der Waals surface area contributed by atoms with Gasteiger partial charge in [0, 0.05) is 5.25 Å². The van der Waals surface area contributed by atoms with Crippen molar-refractivity contribution in [3.8, 4) is 0 Å². The third-order valence-corrected chi connectivity index (χ3v) is 5.08. The number of carbonyl (C=O) groups is 3. The summed E-state index contributed by atoms with van der Waals surface area (Å²) in [6.07, 6.45) is 0.835. The topological polar surface area (TPSA) is 95.9 Å². The molecule has 2 amide bonds. The largest absolute Gasteiger partial charge is 0.477 e. The number of nitrogens with one attached hydrogen (secondary N) is 1. The number of ether oxygens (including phenoxy) is 1. The van der Waals surface area contributed by atoms with Gasteiger partial charge in [-0.25, -0.2) is 9.59 Å². The molecule has 0 bridgehead atoms. The molecular formula is C16H16N2O5S. The summed E-state index contributed by atoms with van der Waals surface area (Å²) in [6.45, 7) is 1.95. The second-order valence-electron chi connectivity index (χ2n) is 5.48. The first kappa shape index (κ1) is 16.4. The maximum atomic E-state index is 12.2. The summed E-state index contributed by atoms with van der Waals surface area (Å²) < 4.78 is 5.10. The molecule has 1 aromatic carbocycles. The number of aliphatic carboxylic acids is 1. The molecule has 7 nitrogen and oxygen atoms in total. The number of carboxylic acid groups (broad SMARTS) is 1. The Bertz CT molecular complexity index is 706. The minimum atomic E-state index is -1.15. The number of benzene rings is 1. The maximum Gasteiger partial charge on any atom is 0.408 e. The van der Waals surface area contributed by atoms with Crippen LogP contribution in [0.3, 0.4) is 0 Å². The molecule has 0 saturated carbocycles. The van der Waals surface area contributed by atoms with Gasteiger partial charge >= 0.3 is 12.1 Å². The van der Waals surface area contributed by atoms with Gasteiger partial charge in [-0.2, -0.15) is 0 Å². The molecule has 2 aliphatic rings. The Morgan fingerprint density at radius 2 is 2.04 bits per heavy atom. The predicted octanol–water partition coefficient (Wildman–Crippen LogP) is 1.55. The number of hydrogen-bond acceptors (Lipinski definition) is 5. The van der Waals surface area contributed by atoms with Crippen molar-refractivity contribution in [2.75, 3.05) is 0 Å². The molecule has 1 fully saturated rings. The van der Waals surface area contributed by atoms with Crippen molar-refractivity contribution in [1.29, 1.82) is 0 Å². The first-order valence-corrected chi connectivity index (χ1v) is 8.32. The Hall–Kier alpha value is -2.48. The van der Waals surface area contributed by atoms with Gasteiger partial charge in [0.25, 0.3) is 5.91 Å². The first-order valence-electron chi connectivity index (χ1n) is 7.38. The standard InChI is InChI=1S/C16H16N2O5S/c1-9-7-11(15(20)21)18-13(19)12(14(18)24-9)17-16(22)23-8-10-5-3-2-4-6-10/h2-7,9,12,14H,8H2,1H3,(H,17,22)(H,20,21)/t9?,12?,14-/m0/s1. The van der Waals surface area contributed by atoms with Crippen LogP contribution < -0.4 is 5.32 Å². The molecule has 0 radical (unpaired) electrons. The normalized spacial score (nSPS) is 25.2. The second-order valence-corrected chi connectivity index (χ2v) is 6.98. The molecule has 2 heterocycles. The van der Waals surface area contributed by atoms with Crippen LogP contribution in [0, 0.1) is 0 Å². The Morgan fingerprint density at radius 3 is 2.71 bits per heavy atom. The van der Waals surface area contributed by atoms with E-state index in [0.29, 0.717) is 0 Å². The zero-order valence-corrected chi connectivity index (χ0v) is 13.7. The summed E-state index contributed by atoms with van der Waals surface area (Å²) in [7, 11) is 0. The van der Waals surface area contributed by atoms with E-state index < -0.39 is 29.4 Å². The fraction of sp³-hybridized carbons (Fsp3) is 0.312. The summed E-state index contributed by atoms with van der Waals surface area (Å²) in [4.78, 5) is 36.5. The van der Waals surface area contributed by atoms with Gasteiger partial charge in [0.05, 0.1) is 0 Å². The number of nitrogens with zero attached hydrogens (tertiary/aromatic N) is 1. The Balaban J connectivity index is 1.59. The molecule has 2 unspecified atom stereocenters. The van der Waals surface area contributed by atoms with E-state index in [2.05, 4.69) is 5.32 Å². The zero-order valence-electron chi connectivity index (χ0n) is 12.8. The number of carboxylic acids is 1. The van der Waals surface area contributed by atoms with E-state index in [1.54, 1.807) is 0 Å². The molecular weight excluding hydrogens is 332 g/mol. The summed E-state index contributed by atoms with van der Waals surface area (Å²) in [6, 6.07) is 8.41. The lowest BCUT2D eigenvalue weighted by Gasteiger charge is -2.49. The molecule has 3 atom stereocenters. The van der Waals surface area contributed by atoms with Gasteiger partial charge in [0.15, 0.2) is 0 Å². The number of hydrogen-bond donors (Lipinski definition) is 2. The van der Waals surface area contributed by atoms with Crippen LogP contribution in [0.2, 0.25) is 0 Å². The molecule has 0 spiro atoms. The van der Waals surface area contributed by atoms with Gasteiger partial charge in [-0.3, -0.25) is 9.69 Å². The third kappa shape index (κ3) is 3.09. The molecule has 0 aliphatic carbocycles. The molecule has 2 N–H and O–H groups in total. The second kappa shape index (κ2) is 6.56. The fourth-order valence-corrected chi connectivity index (χ4v) is 3.95. The minimum absolute atomic E-state index is 0.0352. The van der Waals surface area contributed by atoms with E-state index in [-0.39, 0.29) is 17.6 Å². The lowest BCUT2D eigenvalue weighted by Crippen LogP contribution is -2.70. The van der Waals surface area contributed by atoms with E-state index >= 15 is 0 Å². The van der Waals surface area contributed by atoms with Crippen molar-refractivity contribution < 1.29 is 24.2 Å². The third-order valence-electron chi connectivity index (χ3n) is 3.75. The first-order chi connectivity index (χ1) is 11.5. The Morgan fingerprint density at radius 1 is 1.33 bits per heavy atom. The summed E-state index contributed by atoms with van der Waals surface area (Å²) in [5.41, 5.74) is 0.804. The monoisotopic (exact) mass is 348 g/mol. The molecule has 1 saturated heterocycles. The molecule has 0 aromatic heterocycles. The number of β-lactam (4-membered cyclic amide) rings is 1. The van der Waals surface area contributed by atoms with E-state index in [4.69, 9.17) is 4.74 Å². The van der Waals surface area contributed by atoms with Crippen LogP contribution in [-0.4, -0.2) is 44.6 Å². The molecule has 126 valence electrons. The van der Waals surface area contributed by atoms with E-state index in [1.165, 1.54) is 22.7 Å². The van der Waals surface area contributed by atoms with Crippen LogP contribution in [0.15, 0.2) is 42.1 Å². The van der Waals surface area contributed by atoms with Gasteiger partial charge in [-0.15, -0.1) is 11.8 Å². The number of amides is 2. The molecule has 24 heavy (non-hydrogen) atoms. The summed E-state index contributed by atoms with van der Waals surface area (Å²) in [5.74, 6) is -1.59.